The van der Waals surface area contributed by atoms with Crippen molar-refractivity contribution in [3.63, 3.8) is 0 Å². The summed E-state index contributed by atoms with van der Waals surface area (Å²) in [7, 11) is 0. The summed E-state index contributed by atoms with van der Waals surface area (Å²) < 4.78 is 2.20. The van der Waals surface area contributed by atoms with Crippen LogP contribution in [0.5, 0.6) is 0 Å². The lowest BCUT2D eigenvalue weighted by molar-refractivity contribution is 0.840. The minimum absolute atomic E-state index is 0.930. The Morgan fingerprint density at radius 2 is 1.43 bits per heavy atom. The molecular weight excluding hydrogens is 498 g/mol. The molecule has 0 aromatic heterocycles. The molecule has 0 heterocycles. The second-order valence-corrected chi connectivity index (χ2v) is 9.77. The summed E-state index contributed by atoms with van der Waals surface area (Å²) in [6.07, 6.45) is 7.67. The molecule has 30 heavy (non-hydrogen) atoms. The van der Waals surface area contributed by atoms with Crippen LogP contribution in [0, 0.1) is 0 Å². The Balaban J connectivity index is 1.72. The van der Waals surface area contributed by atoms with Crippen molar-refractivity contribution in [2.24, 2.45) is 0 Å². The zero-order valence-electron chi connectivity index (χ0n) is 17.3. The molecule has 0 radical (unpaired) electrons. The number of benzene rings is 3. The number of allylic oxidation sites excluding steroid dienone is 4. The van der Waals surface area contributed by atoms with Crippen molar-refractivity contribution in [1.29, 1.82) is 0 Å². The third-order valence-electron chi connectivity index (χ3n) is 5.57. The molecule has 0 amide bonds. The molecule has 1 nitrogen and oxygen atoms in total. The molecular formula is C27H25Br2N. The van der Waals surface area contributed by atoms with Crippen molar-refractivity contribution in [3.8, 4) is 11.1 Å². The molecule has 0 unspecified atom stereocenters. The molecule has 0 saturated carbocycles. The summed E-state index contributed by atoms with van der Waals surface area (Å²) in [5.41, 5.74) is 9.14. The van der Waals surface area contributed by atoms with Crippen LogP contribution in [0.1, 0.15) is 31.4 Å². The molecule has 4 rings (SSSR count). The summed E-state index contributed by atoms with van der Waals surface area (Å²) in [5, 5.41) is 0. The zero-order chi connectivity index (χ0) is 21.1. The maximum atomic E-state index is 3.56. The van der Waals surface area contributed by atoms with Crippen molar-refractivity contribution < 1.29 is 0 Å². The largest absolute Gasteiger partial charge is 0.314 e. The fourth-order valence-corrected chi connectivity index (χ4v) is 4.21. The van der Waals surface area contributed by atoms with Crippen molar-refractivity contribution in [3.05, 3.63) is 105 Å². The SMILES string of the molecule is CC/C(=C\C=C(/C)Br)N(c1ccc(Br)cc1)c1ccc(-c2ccc3c(c2)CC3)cc1. The number of halogens is 2. The van der Waals surface area contributed by atoms with E-state index in [0.29, 0.717) is 0 Å². The molecule has 0 N–H and O–H groups in total. The lowest BCUT2D eigenvalue weighted by atomic mass is 9.86. The Labute approximate surface area is 196 Å². The Kier molecular flexibility index (Phi) is 6.60. The van der Waals surface area contributed by atoms with Crippen LogP contribution < -0.4 is 4.90 Å². The smallest absolute Gasteiger partial charge is 0.0459 e. The first kappa shape index (κ1) is 21.1. The number of rotatable bonds is 6. The predicted octanol–water partition coefficient (Wildman–Crippen LogP) is 8.95. The van der Waals surface area contributed by atoms with Crippen molar-refractivity contribution in [1.82, 2.24) is 0 Å². The fourth-order valence-electron chi connectivity index (χ4n) is 3.81. The van der Waals surface area contributed by atoms with Crippen LogP contribution in [0.2, 0.25) is 0 Å². The van der Waals surface area contributed by atoms with E-state index in [0.717, 1.165) is 21.1 Å². The summed E-state index contributed by atoms with van der Waals surface area (Å²) >= 11 is 7.10. The van der Waals surface area contributed by atoms with Gasteiger partial charge in [0.05, 0.1) is 0 Å². The van der Waals surface area contributed by atoms with E-state index in [2.05, 4.69) is 129 Å². The van der Waals surface area contributed by atoms with Crippen molar-refractivity contribution in [2.75, 3.05) is 4.90 Å². The first-order valence-electron chi connectivity index (χ1n) is 10.4. The first-order valence-corrected chi connectivity index (χ1v) is 11.9. The first-order chi connectivity index (χ1) is 14.5. The lowest BCUT2D eigenvalue weighted by Gasteiger charge is -2.28. The second-order valence-electron chi connectivity index (χ2n) is 7.61. The molecule has 0 spiro atoms. The lowest BCUT2D eigenvalue weighted by Crippen LogP contribution is -2.16. The highest BCUT2D eigenvalue weighted by Gasteiger charge is 2.15. The Hall–Kier alpha value is -2.10. The molecule has 0 saturated heterocycles. The Morgan fingerprint density at radius 1 is 0.833 bits per heavy atom. The van der Waals surface area contributed by atoms with Gasteiger partial charge in [0.15, 0.2) is 0 Å². The minimum atomic E-state index is 0.930. The average Bonchev–Trinajstić information content (AvgIpc) is 2.73. The molecule has 3 aromatic rings. The molecule has 0 atom stereocenters. The van der Waals surface area contributed by atoms with Crippen LogP contribution in [-0.4, -0.2) is 0 Å². The summed E-state index contributed by atoms with van der Waals surface area (Å²) in [5.74, 6) is 0. The van der Waals surface area contributed by atoms with Gasteiger partial charge in [0.25, 0.3) is 0 Å². The Bertz CT molecular complexity index is 1090. The second kappa shape index (κ2) is 9.36. The van der Waals surface area contributed by atoms with Crippen LogP contribution in [-0.2, 0) is 12.8 Å². The van der Waals surface area contributed by atoms with Crippen LogP contribution in [0.25, 0.3) is 11.1 Å². The van der Waals surface area contributed by atoms with Crippen LogP contribution in [0.4, 0.5) is 11.4 Å². The number of fused-ring (bicyclic) bond motifs is 1. The van der Waals surface area contributed by atoms with Gasteiger partial charge in [0.2, 0.25) is 0 Å². The molecule has 0 bridgehead atoms. The fraction of sp³-hybridized carbons (Fsp3) is 0.185. The average molecular weight is 523 g/mol. The van der Waals surface area contributed by atoms with Crippen LogP contribution >= 0.6 is 31.9 Å². The number of hydrogen-bond donors (Lipinski definition) is 0. The normalized spacial score (nSPS) is 13.6. The third-order valence-corrected chi connectivity index (χ3v) is 6.36. The highest BCUT2D eigenvalue weighted by Crippen LogP contribution is 2.35. The molecule has 3 aromatic carbocycles. The van der Waals surface area contributed by atoms with Gasteiger partial charge >= 0.3 is 0 Å². The molecule has 3 heteroatoms. The molecule has 0 fully saturated rings. The highest BCUT2D eigenvalue weighted by molar-refractivity contribution is 9.11. The Morgan fingerprint density at radius 3 is 1.97 bits per heavy atom. The van der Waals surface area contributed by atoms with E-state index in [1.54, 1.807) is 0 Å². The highest BCUT2D eigenvalue weighted by atomic mass is 79.9. The monoisotopic (exact) mass is 521 g/mol. The minimum Gasteiger partial charge on any atom is -0.314 e. The van der Waals surface area contributed by atoms with Crippen LogP contribution in [0.15, 0.2) is 93.5 Å². The van der Waals surface area contributed by atoms with E-state index < -0.39 is 0 Å². The maximum Gasteiger partial charge on any atom is 0.0459 e. The van der Waals surface area contributed by atoms with Crippen molar-refractivity contribution in [2.45, 2.75) is 33.1 Å². The van der Waals surface area contributed by atoms with E-state index in [1.165, 1.54) is 46.5 Å². The summed E-state index contributed by atoms with van der Waals surface area (Å²) in [4.78, 5) is 2.33. The molecule has 1 aliphatic rings. The molecule has 0 aliphatic heterocycles. The van der Waals surface area contributed by atoms with Gasteiger partial charge < -0.3 is 4.90 Å². The molecule has 1 aliphatic carbocycles. The quantitative estimate of drug-likeness (QED) is 0.292. The summed E-state index contributed by atoms with van der Waals surface area (Å²) in [6, 6.07) is 24.3. The summed E-state index contributed by atoms with van der Waals surface area (Å²) in [6.45, 7) is 4.25. The number of aryl methyl sites for hydroxylation is 2. The van der Waals surface area contributed by atoms with Gasteiger partial charge in [0, 0.05) is 21.5 Å². The van der Waals surface area contributed by atoms with Gasteiger partial charge in [-0.3, -0.25) is 0 Å². The third kappa shape index (κ3) is 4.63. The molecule has 152 valence electrons. The number of anilines is 2. The van der Waals surface area contributed by atoms with E-state index in [9.17, 15) is 0 Å². The number of hydrogen-bond acceptors (Lipinski definition) is 1. The topological polar surface area (TPSA) is 3.24 Å². The van der Waals surface area contributed by atoms with Gasteiger partial charge in [-0.05, 0) is 95.4 Å². The maximum absolute atomic E-state index is 3.56. The van der Waals surface area contributed by atoms with Gasteiger partial charge in [-0.2, -0.15) is 0 Å². The van der Waals surface area contributed by atoms with Crippen LogP contribution in [0.3, 0.4) is 0 Å². The van der Waals surface area contributed by atoms with Gasteiger partial charge in [0.1, 0.15) is 0 Å². The van der Waals surface area contributed by atoms with E-state index in [4.69, 9.17) is 0 Å². The van der Waals surface area contributed by atoms with E-state index in [1.807, 2.05) is 0 Å². The van der Waals surface area contributed by atoms with E-state index >= 15 is 0 Å². The van der Waals surface area contributed by atoms with Gasteiger partial charge in [-0.15, -0.1) is 0 Å². The zero-order valence-corrected chi connectivity index (χ0v) is 20.5. The van der Waals surface area contributed by atoms with Gasteiger partial charge in [-0.25, -0.2) is 0 Å². The van der Waals surface area contributed by atoms with E-state index in [-0.39, 0.29) is 0 Å². The van der Waals surface area contributed by atoms with Crippen molar-refractivity contribution >= 4 is 43.2 Å². The standard InChI is InChI=1S/C27H25Br2N/c1-3-25(13-4-19(2)28)30(27-16-11-24(29)12-17-27)26-14-9-21(10-15-26)23-8-6-20-5-7-22(20)18-23/h4,6,8-18H,3,5,7H2,1-2H3/b19-4+,25-13+. The number of nitrogens with zero attached hydrogens (tertiary/aromatic N) is 1. The predicted molar refractivity (Wildman–Crippen MR) is 137 cm³/mol. The van der Waals surface area contributed by atoms with Gasteiger partial charge in [-0.1, -0.05) is 75.2 Å².